The average molecular weight is 465 g/mol. The van der Waals surface area contributed by atoms with Crippen molar-refractivity contribution in [1.29, 1.82) is 0 Å². The maximum atomic E-state index is 12.9. The lowest BCUT2D eigenvalue weighted by atomic mass is 10.1. The Balaban J connectivity index is 1.60. The molecule has 8 nitrogen and oxygen atoms in total. The highest BCUT2D eigenvalue weighted by Crippen LogP contribution is 2.24. The van der Waals surface area contributed by atoms with Crippen molar-refractivity contribution in [3.8, 4) is 11.3 Å². The second kappa shape index (κ2) is 9.13. The first kappa shape index (κ1) is 22.6. The Hall–Kier alpha value is -3.56. The number of sulfone groups is 1. The van der Waals surface area contributed by atoms with Crippen molar-refractivity contribution in [2.45, 2.75) is 30.4 Å². The van der Waals surface area contributed by atoms with E-state index in [1.54, 1.807) is 62.6 Å². The number of amides is 1. The van der Waals surface area contributed by atoms with Gasteiger partial charge in [-0.15, -0.1) is 0 Å². The van der Waals surface area contributed by atoms with Gasteiger partial charge in [0.2, 0.25) is 0 Å². The van der Waals surface area contributed by atoms with Crippen LogP contribution in [0.4, 0.5) is 5.69 Å². The fraction of sp³-hybridized carbons (Fsp3) is 0.208. The third kappa shape index (κ3) is 4.64. The van der Waals surface area contributed by atoms with Crippen LogP contribution in [0.1, 0.15) is 29.8 Å². The summed E-state index contributed by atoms with van der Waals surface area (Å²) >= 11 is 0. The summed E-state index contributed by atoms with van der Waals surface area (Å²) in [5.41, 5.74) is 4.06. The van der Waals surface area contributed by atoms with Crippen LogP contribution >= 0.6 is 0 Å². The van der Waals surface area contributed by atoms with Crippen LogP contribution < -0.4 is 5.32 Å². The molecule has 170 valence electrons. The van der Waals surface area contributed by atoms with Crippen molar-refractivity contribution < 1.29 is 18.3 Å². The standard InChI is InChI=1S/C24H24N4O4S/c1-15(2)33(31,32)19-9-5-17(6-10-19)21-14-26-23-22(28-21)20(13-25-23)24(30)27-18-7-3-16(4-8-18)11-12-29/h3-10,13-15,29H,11-12H2,1-2H3,(H,25,26)(H,27,30). The largest absolute Gasteiger partial charge is 0.396 e. The number of carbonyl (C=O) groups is 1. The van der Waals surface area contributed by atoms with E-state index in [-0.39, 0.29) is 17.4 Å². The van der Waals surface area contributed by atoms with Gasteiger partial charge in [-0.1, -0.05) is 24.3 Å². The topological polar surface area (TPSA) is 125 Å². The highest BCUT2D eigenvalue weighted by molar-refractivity contribution is 7.92. The molecule has 4 aromatic rings. The van der Waals surface area contributed by atoms with Crippen molar-refractivity contribution >= 4 is 32.6 Å². The van der Waals surface area contributed by atoms with E-state index < -0.39 is 15.1 Å². The Kier molecular flexibility index (Phi) is 6.26. The summed E-state index contributed by atoms with van der Waals surface area (Å²) < 4.78 is 24.7. The molecular weight excluding hydrogens is 440 g/mol. The van der Waals surface area contributed by atoms with E-state index in [1.165, 1.54) is 0 Å². The number of anilines is 1. The number of nitrogens with one attached hydrogen (secondary N) is 2. The number of carbonyl (C=O) groups excluding carboxylic acids is 1. The van der Waals surface area contributed by atoms with E-state index in [9.17, 15) is 13.2 Å². The van der Waals surface area contributed by atoms with E-state index in [4.69, 9.17) is 5.11 Å². The van der Waals surface area contributed by atoms with Gasteiger partial charge in [-0.3, -0.25) is 4.79 Å². The van der Waals surface area contributed by atoms with Crippen LogP contribution in [0.3, 0.4) is 0 Å². The fourth-order valence-electron chi connectivity index (χ4n) is 3.37. The Bertz CT molecular complexity index is 1390. The number of hydrogen-bond donors (Lipinski definition) is 3. The molecule has 33 heavy (non-hydrogen) atoms. The van der Waals surface area contributed by atoms with Crippen LogP contribution in [0.25, 0.3) is 22.4 Å². The molecule has 2 aromatic heterocycles. The molecule has 0 spiro atoms. The molecule has 0 aliphatic rings. The predicted molar refractivity (Wildman–Crippen MR) is 127 cm³/mol. The Morgan fingerprint density at radius 3 is 2.42 bits per heavy atom. The molecule has 0 fully saturated rings. The Morgan fingerprint density at radius 2 is 1.79 bits per heavy atom. The van der Waals surface area contributed by atoms with E-state index in [0.29, 0.717) is 40.1 Å². The molecule has 0 bridgehead atoms. The molecule has 0 aliphatic heterocycles. The van der Waals surface area contributed by atoms with Crippen LogP contribution in [0.5, 0.6) is 0 Å². The van der Waals surface area contributed by atoms with Crippen LogP contribution in [0.15, 0.2) is 65.8 Å². The number of aliphatic hydroxyl groups is 1. The van der Waals surface area contributed by atoms with Gasteiger partial charge in [0.05, 0.1) is 27.6 Å². The van der Waals surface area contributed by atoms with Gasteiger partial charge in [0, 0.05) is 24.1 Å². The molecule has 1 amide bonds. The zero-order chi connectivity index (χ0) is 23.6. The smallest absolute Gasteiger partial charge is 0.259 e. The van der Waals surface area contributed by atoms with Crippen molar-refractivity contribution in [3.05, 3.63) is 72.1 Å². The number of H-pyrrole nitrogens is 1. The van der Waals surface area contributed by atoms with Crippen molar-refractivity contribution in [2.75, 3.05) is 11.9 Å². The molecular formula is C24H24N4O4S. The van der Waals surface area contributed by atoms with E-state index in [2.05, 4.69) is 20.3 Å². The van der Waals surface area contributed by atoms with Gasteiger partial charge >= 0.3 is 0 Å². The first-order valence-corrected chi connectivity index (χ1v) is 12.0. The minimum atomic E-state index is -3.36. The monoisotopic (exact) mass is 464 g/mol. The summed E-state index contributed by atoms with van der Waals surface area (Å²) in [7, 11) is -3.36. The van der Waals surface area contributed by atoms with E-state index in [0.717, 1.165) is 5.56 Å². The lowest BCUT2D eigenvalue weighted by molar-refractivity contribution is 0.102. The molecule has 0 saturated heterocycles. The quantitative estimate of drug-likeness (QED) is 0.384. The molecule has 3 N–H and O–H groups in total. The van der Waals surface area contributed by atoms with Crippen molar-refractivity contribution in [3.63, 3.8) is 0 Å². The summed E-state index contributed by atoms with van der Waals surface area (Å²) in [5, 5.41) is 11.4. The number of hydrogen-bond acceptors (Lipinski definition) is 6. The normalized spacial score (nSPS) is 11.8. The fourth-order valence-corrected chi connectivity index (χ4v) is 4.43. The zero-order valence-electron chi connectivity index (χ0n) is 18.2. The molecule has 2 heterocycles. The summed E-state index contributed by atoms with van der Waals surface area (Å²) in [6.07, 6.45) is 3.69. The van der Waals surface area contributed by atoms with Gasteiger partial charge in [-0.2, -0.15) is 0 Å². The van der Waals surface area contributed by atoms with Crippen LogP contribution in [0.2, 0.25) is 0 Å². The summed E-state index contributed by atoms with van der Waals surface area (Å²) in [5.74, 6) is -0.332. The van der Waals surface area contributed by atoms with Crippen LogP contribution in [-0.2, 0) is 16.3 Å². The average Bonchev–Trinajstić information content (AvgIpc) is 3.24. The molecule has 0 aliphatic carbocycles. The molecule has 4 rings (SSSR count). The zero-order valence-corrected chi connectivity index (χ0v) is 19.1. The first-order chi connectivity index (χ1) is 15.8. The highest BCUT2D eigenvalue weighted by atomic mass is 32.2. The Morgan fingerprint density at radius 1 is 1.09 bits per heavy atom. The molecule has 0 atom stereocenters. The van der Waals surface area contributed by atoms with E-state index in [1.807, 2.05) is 12.1 Å². The molecule has 0 radical (unpaired) electrons. The number of fused-ring (bicyclic) bond motifs is 1. The number of benzene rings is 2. The first-order valence-electron chi connectivity index (χ1n) is 10.5. The number of aromatic amines is 1. The maximum absolute atomic E-state index is 12.9. The van der Waals surface area contributed by atoms with Gasteiger partial charge in [-0.05, 0) is 50.1 Å². The van der Waals surface area contributed by atoms with Gasteiger partial charge in [0.15, 0.2) is 15.5 Å². The van der Waals surface area contributed by atoms with Gasteiger partial charge in [0.1, 0.15) is 5.52 Å². The number of aliphatic hydroxyl groups excluding tert-OH is 1. The second-order valence-corrected chi connectivity index (χ2v) is 10.4. The number of nitrogens with zero attached hydrogens (tertiary/aromatic N) is 2. The molecule has 0 saturated carbocycles. The second-order valence-electron chi connectivity index (χ2n) is 7.90. The highest BCUT2D eigenvalue weighted by Gasteiger charge is 2.19. The van der Waals surface area contributed by atoms with Gasteiger partial charge in [-0.25, -0.2) is 18.4 Å². The lowest BCUT2D eigenvalue weighted by Crippen LogP contribution is -2.13. The van der Waals surface area contributed by atoms with Crippen molar-refractivity contribution in [2.24, 2.45) is 0 Å². The predicted octanol–water partition coefficient (Wildman–Crippen LogP) is 3.59. The molecule has 0 unspecified atom stereocenters. The van der Waals surface area contributed by atoms with Gasteiger partial charge < -0.3 is 15.4 Å². The minimum Gasteiger partial charge on any atom is -0.396 e. The molecule has 2 aromatic carbocycles. The van der Waals surface area contributed by atoms with E-state index >= 15 is 0 Å². The third-order valence-electron chi connectivity index (χ3n) is 5.34. The third-order valence-corrected chi connectivity index (χ3v) is 7.51. The molecule has 9 heteroatoms. The van der Waals surface area contributed by atoms with Crippen LogP contribution in [-0.4, -0.2) is 46.2 Å². The Labute approximate surface area is 191 Å². The van der Waals surface area contributed by atoms with Crippen molar-refractivity contribution in [1.82, 2.24) is 15.0 Å². The number of aromatic nitrogens is 3. The van der Waals surface area contributed by atoms with Crippen LogP contribution in [0, 0.1) is 0 Å². The SMILES string of the molecule is CC(C)S(=O)(=O)c1ccc(-c2cnc3[nH]cc(C(=O)Nc4ccc(CCO)cc4)c3n2)cc1. The maximum Gasteiger partial charge on any atom is 0.259 e. The summed E-state index contributed by atoms with van der Waals surface area (Å²) in [6, 6.07) is 13.7. The summed E-state index contributed by atoms with van der Waals surface area (Å²) in [6.45, 7) is 3.35. The summed E-state index contributed by atoms with van der Waals surface area (Å²) in [4.78, 5) is 25.0. The lowest BCUT2D eigenvalue weighted by Gasteiger charge is -2.09. The van der Waals surface area contributed by atoms with Gasteiger partial charge in [0.25, 0.3) is 5.91 Å². The minimum absolute atomic E-state index is 0.0678. The number of rotatable bonds is 7.